The topological polar surface area (TPSA) is 54.7 Å². The van der Waals surface area contributed by atoms with E-state index < -0.39 is 12.3 Å². The van der Waals surface area contributed by atoms with Crippen molar-refractivity contribution in [1.82, 2.24) is 10.2 Å². The summed E-state index contributed by atoms with van der Waals surface area (Å²) in [5, 5.41) is 6.02. The lowest BCUT2D eigenvalue weighted by atomic mass is 10.0. The molecule has 0 spiro atoms. The molecule has 1 aromatic heterocycles. The third kappa shape index (κ3) is 1.74. The highest BCUT2D eigenvalue weighted by Gasteiger charge is 2.21. The Balaban J connectivity index is 2.71. The van der Waals surface area contributed by atoms with Gasteiger partial charge in [0, 0.05) is 12.7 Å². The first-order valence-electron chi connectivity index (χ1n) is 3.22. The lowest BCUT2D eigenvalue weighted by Crippen LogP contribution is -2.19. The van der Waals surface area contributed by atoms with Crippen LogP contribution in [0.2, 0.25) is 0 Å². The van der Waals surface area contributed by atoms with E-state index >= 15 is 0 Å². The van der Waals surface area contributed by atoms with Gasteiger partial charge in [-0.25, -0.2) is 8.78 Å². The van der Waals surface area contributed by atoms with Crippen LogP contribution in [0.3, 0.4) is 0 Å². The Labute approximate surface area is 62.6 Å². The van der Waals surface area contributed by atoms with Gasteiger partial charge in [-0.15, -0.1) is 0 Å². The van der Waals surface area contributed by atoms with E-state index in [1.54, 1.807) is 0 Å². The van der Waals surface area contributed by atoms with E-state index in [-0.39, 0.29) is 6.54 Å². The molecule has 5 heteroatoms. The number of nitrogens with two attached hydrogens (primary N) is 1. The lowest BCUT2D eigenvalue weighted by molar-refractivity contribution is 0.117. The van der Waals surface area contributed by atoms with Crippen molar-refractivity contribution in [2.75, 3.05) is 6.54 Å². The summed E-state index contributed by atoms with van der Waals surface area (Å²) in [6.45, 7) is -0.0583. The van der Waals surface area contributed by atoms with Gasteiger partial charge >= 0.3 is 0 Å². The minimum atomic E-state index is -2.42. The van der Waals surface area contributed by atoms with E-state index in [1.165, 1.54) is 12.4 Å². The minimum absolute atomic E-state index is 0.0583. The maximum Gasteiger partial charge on any atom is 0.246 e. The molecule has 0 bridgehead atoms. The van der Waals surface area contributed by atoms with Gasteiger partial charge in [-0.05, 0) is 5.56 Å². The zero-order chi connectivity index (χ0) is 8.27. The second-order valence-corrected chi connectivity index (χ2v) is 2.21. The molecule has 0 amide bonds. The van der Waals surface area contributed by atoms with E-state index in [4.69, 9.17) is 5.73 Å². The molecular formula is C6H9F2N3. The number of alkyl halides is 2. The van der Waals surface area contributed by atoms with Crippen LogP contribution in [0, 0.1) is 0 Å². The number of hydrogen-bond acceptors (Lipinski definition) is 2. The van der Waals surface area contributed by atoms with Crippen molar-refractivity contribution < 1.29 is 8.78 Å². The normalized spacial score (nSPS) is 13.8. The summed E-state index contributed by atoms with van der Waals surface area (Å²) in [6.07, 6.45) is 0.380. The molecule has 1 heterocycles. The summed E-state index contributed by atoms with van der Waals surface area (Å²) in [7, 11) is 0. The van der Waals surface area contributed by atoms with Gasteiger partial charge in [0.05, 0.1) is 12.1 Å². The number of nitrogens with one attached hydrogen (secondary N) is 1. The summed E-state index contributed by atoms with van der Waals surface area (Å²) < 4.78 is 24.3. The molecule has 0 fully saturated rings. The van der Waals surface area contributed by atoms with E-state index in [0.717, 1.165) is 0 Å². The van der Waals surface area contributed by atoms with Crippen LogP contribution in [0.25, 0.3) is 0 Å². The summed E-state index contributed by atoms with van der Waals surface area (Å²) in [4.78, 5) is 0. The Bertz CT molecular complexity index is 198. The molecule has 3 nitrogen and oxygen atoms in total. The smallest absolute Gasteiger partial charge is 0.246 e. The average molecular weight is 161 g/mol. The molecule has 0 saturated heterocycles. The standard InChI is InChI=1S/C6H9F2N3/c7-6(8)5(1-9)4-2-10-11-3-4/h2-3,5-6H,1,9H2,(H,10,11). The Morgan fingerprint density at radius 2 is 2.36 bits per heavy atom. The Morgan fingerprint density at radius 1 is 1.64 bits per heavy atom. The maximum absolute atomic E-state index is 12.1. The highest BCUT2D eigenvalue weighted by Crippen LogP contribution is 2.20. The van der Waals surface area contributed by atoms with Gasteiger partial charge in [0.2, 0.25) is 6.43 Å². The molecule has 0 aliphatic carbocycles. The molecule has 11 heavy (non-hydrogen) atoms. The van der Waals surface area contributed by atoms with Crippen LogP contribution in [-0.4, -0.2) is 23.2 Å². The number of halogens is 2. The maximum atomic E-state index is 12.1. The van der Waals surface area contributed by atoms with Crippen LogP contribution in [0.4, 0.5) is 8.78 Å². The van der Waals surface area contributed by atoms with Crippen molar-refractivity contribution in [3.63, 3.8) is 0 Å². The molecule has 0 aromatic carbocycles. The third-order valence-electron chi connectivity index (χ3n) is 1.51. The monoisotopic (exact) mass is 161 g/mol. The zero-order valence-electron chi connectivity index (χ0n) is 5.80. The molecule has 0 radical (unpaired) electrons. The van der Waals surface area contributed by atoms with E-state index in [1.807, 2.05) is 0 Å². The predicted octanol–water partition coefficient (Wildman–Crippen LogP) is 0.717. The van der Waals surface area contributed by atoms with Gasteiger partial charge < -0.3 is 5.73 Å². The van der Waals surface area contributed by atoms with Crippen LogP contribution in [-0.2, 0) is 0 Å². The van der Waals surface area contributed by atoms with Gasteiger partial charge in [0.15, 0.2) is 0 Å². The zero-order valence-corrected chi connectivity index (χ0v) is 5.80. The fraction of sp³-hybridized carbons (Fsp3) is 0.500. The second-order valence-electron chi connectivity index (χ2n) is 2.21. The predicted molar refractivity (Wildman–Crippen MR) is 36.4 cm³/mol. The molecule has 0 saturated carbocycles. The van der Waals surface area contributed by atoms with Crippen LogP contribution < -0.4 is 5.73 Å². The van der Waals surface area contributed by atoms with Crippen molar-refractivity contribution in [2.45, 2.75) is 12.3 Å². The largest absolute Gasteiger partial charge is 0.330 e. The number of hydrogen-bond donors (Lipinski definition) is 2. The second kappa shape index (κ2) is 3.43. The van der Waals surface area contributed by atoms with Gasteiger partial charge in [0.1, 0.15) is 0 Å². The van der Waals surface area contributed by atoms with Gasteiger partial charge in [-0.3, -0.25) is 5.10 Å². The molecule has 1 rings (SSSR count). The average Bonchev–Trinajstić information content (AvgIpc) is 2.40. The van der Waals surface area contributed by atoms with Crippen LogP contribution in [0.5, 0.6) is 0 Å². The first-order valence-corrected chi connectivity index (χ1v) is 3.22. The van der Waals surface area contributed by atoms with Crippen molar-refractivity contribution in [1.29, 1.82) is 0 Å². The lowest BCUT2D eigenvalue weighted by Gasteiger charge is -2.09. The Kier molecular flexibility index (Phi) is 2.53. The molecule has 1 unspecified atom stereocenters. The molecule has 3 N–H and O–H groups in total. The molecular weight excluding hydrogens is 152 g/mol. The van der Waals surface area contributed by atoms with Crippen molar-refractivity contribution in [2.24, 2.45) is 5.73 Å². The number of aromatic amines is 1. The fourth-order valence-corrected chi connectivity index (χ4v) is 0.848. The number of nitrogens with zero attached hydrogens (tertiary/aromatic N) is 1. The van der Waals surface area contributed by atoms with Crippen molar-refractivity contribution in [3.05, 3.63) is 18.0 Å². The Hall–Kier alpha value is -0.970. The first kappa shape index (κ1) is 8.13. The summed E-state index contributed by atoms with van der Waals surface area (Å²) in [5.41, 5.74) is 5.60. The molecule has 0 aliphatic heterocycles. The fourth-order valence-electron chi connectivity index (χ4n) is 0.848. The van der Waals surface area contributed by atoms with E-state index in [9.17, 15) is 8.78 Å². The number of aromatic nitrogens is 2. The number of H-pyrrole nitrogens is 1. The quantitative estimate of drug-likeness (QED) is 0.686. The summed E-state index contributed by atoms with van der Waals surface area (Å²) in [6, 6.07) is 0. The summed E-state index contributed by atoms with van der Waals surface area (Å²) >= 11 is 0. The SMILES string of the molecule is NCC(c1cn[nH]c1)C(F)F. The van der Waals surface area contributed by atoms with Gasteiger partial charge in [0.25, 0.3) is 0 Å². The molecule has 62 valence electrons. The minimum Gasteiger partial charge on any atom is -0.330 e. The summed E-state index contributed by atoms with van der Waals surface area (Å²) in [5.74, 6) is -0.895. The van der Waals surface area contributed by atoms with E-state index in [2.05, 4.69) is 10.2 Å². The van der Waals surface area contributed by atoms with Crippen LogP contribution >= 0.6 is 0 Å². The van der Waals surface area contributed by atoms with E-state index in [0.29, 0.717) is 5.56 Å². The van der Waals surface area contributed by atoms with Gasteiger partial charge in [-0.2, -0.15) is 5.10 Å². The van der Waals surface area contributed by atoms with Crippen molar-refractivity contribution >= 4 is 0 Å². The molecule has 1 aromatic rings. The van der Waals surface area contributed by atoms with Gasteiger partial charge in [-0.1, -0.05) is 0 Å². The van der Waals surface area contributed by atoms with Crippen LogP contribution in [0.1, 0.15) is 11.5 Å². The first-order chi connectivity index (χ1) is 5.25. The Morgan fingerprint density at radius 3 is 2.73 bits per heavy atom. The third-order valence-corrected chi connectivity index (χ3v) is 1.51. The molecule has 0 aliphatic rings. The highest BCUT2D eigenvalue weighted by atomic mass is 19.3. The highest BCUT2D eigenvalue weighted by molar-refractivity contribution is 5.11. The number of rotatable bonds is 3. The molecule has 1 atom stereocenters. The van der Waals surface area contributed by atoms with Crippen LogP contribution in [0.15, 0.2) is 12.4 Å². The van der Waals surface area contributed by atoms with Crippen molar-refractivity contribution in [3.8, 4) is 0 Å².